The summed E-state index contributed by atoms with van der Waals surface area (Å²) in [6.07, 6.45) is 7.76. The highest BCUT2D eigenvalue weighted by atomic mass is 32.1. The summed E-state index contributed by atoms with van der Waals surface area (Å²) in [7, 11) is 0. The maximum Gasteiger partial charge on any atom is 0.188 e. The number of hydrogen-bond acceptors (Lipinski definition) is 8. The molecule has 0 amide bonds. The van der Waals surface area contributed by atoms with E-state index in [4.69, 9.17) is 14.2 Å². The summed E-state index contributed by atoms with van der Waals surface area (Å²) in [5.74, 6) is 2.92. The monoisotopic (exact) mass is 370 g/mol. The van der Waals surface area contributed by atoms with Crippen molar-refractivity contribution in [2.75, 3.05) is 25.1 Å². The number of nitrogens with one attached hydrogen (secondary N) is 1. The summed E-state index contributed by atoms with van der Waals surface area (Å²) in [6.45, 7) is 2.10. The molecule has 3 aromatic rings. The normalized spacial score (nSPS) is 16.4. The third-order valence-electron chi connectivity index (χ3n) is 3.87. The minimum atomic E-state index is 0.396. The van der Waals surface area contributed by atoms with Gasteiger partial charge in [-0.2, -0.15) is 0 Å². The first-order valence-electron chi connectivity index (χ1n) is 8.32. The fraction of sp³-hybridized carbons (Fsp3) is 0.278. The Morgan fingerprint density at radius 1 is 1.19 bits per heavy atom. The van der Waals surface area contributed by atoms with Crippen molar-refractivity contribution in [3.8, 4) is 17.2 Å². The Morgan fingerprint density at radius 3 is 2.88 bits per heavy atom. The molecule has 1 unspecified atom stereocenters. The largest absolute Gasteiger partial charge is 0.489 e. The Bertz CT molecular complexity index is 824. The molecule has 1 atom stereocenters. The summed E-state index contributed by atoms with van der Waals surface area (Å²) < 4.78 is 17.3. The molecule has 0 saturated carbocycles. The van der Waals surface area contributed by atoms with Crippen molar-refractivity contribution in [3.05, 3.63) is 48.4 Å². The van der Waals surface area contributed by atoms with Crippen LogP contribution in [0.3, 0.4) is 0 Å². The van der Waals surface area contributed by atoms with Gasteiger partial charge in [0.1, 0.15) is 11.5 Å². The summed E-state index contributed by atoms with van der Waals surface area (Å²) in [5.41, 5.74) is 0. The molecule has 1 aliphatic rings. The maximum absolute atomic E-state index is 6.03. The van der Waals surface area contributed by atoms with Crippen LogP contribution in [-0.4, -0.2) is 34.8 Å². The predicted molar refractivity (Wildman–Crippen MR) is 98.4 cm³/mol. The molecular formula is C18H18N4O3S. The van der Waals surface area contributed by atoms with E-state index in [2.05, 4.69) is 20.3 Å². The molecule has 1 N–H and O–H groups in total. The first kappa shape index (κ1) is 16.7. The lowest BCUT2D eigenvalue weighted by atomic mass is 10.1. The van der Waals surface area contributed by atoms with Gasteiger partial charge in [-0.15, -0.1) is 11.3 Å². The molecule has 3 aromatic heterocycles. The van der Waals surface area contributed by atoms with Crippen molar-refractivity contribution in [1.82, 2.24) is 15.0 Å². The zero-order valence-electron chi connectivity index (χ0n) is 14.0. The first-order chi connectivity index (χ1) is 12.9. The molecule has 1 fully saturated rings. The average molecular weight is 370 g/mol. The Hall–Kier alpha value is -2.71. The standard InChI is InChI=1S/C18H18N4O3S/c1-4-19-5-2-14(1)25-15-9-16(24-12-13-3-7-23-11-13)17(21-10-15)22-18-20-6-8-26-18/h1-2,4-6,8-10,13H,3,7,11-12H2,(H,20,21,22). The van der Waals surface area contributed by atoms with Crippen LogP contribution in [0.4, 0.5) is 10.9 Å². The molecule has 4 rings (SSSR count). The summed E-state index contributed by atoms with van der Waals surface area (Å²) >= 11 is 1.50. The van der Waals surface area contributed by atoms with Crippen LogP contribution in [0.5, 0.6) is 17.2 Å². The van der Waals surface area contributed by atoms with Crippen molar-refractivity contribution in [1.29, 1.82) is 0 Å². The third-order valence-corrected chi connectivity index (χ3v) is 4.56. The molecule has 134 valence electrons. The molecule has 0 aliphatic carbocycles. The van der Waals surface area contributed by atoms with Crippen molar-refractivity contribution < 1.29 is 14.2 Å². The van der Waals surface area contributed by atoms with Gasteiger partial charge in [-0.3, -0.25) is 4.98 Å². The van der Waals surface area contributed by atoms with Crippen LogP contribution in [0, 0.1) is 5.92 Å². The van der Waals surface area contributed by atoms with Crippen LogP contribution in [0.1, 0.15) is 6.42 Å². The third kappa shape index (κ3) is 4.27. The lowest BCUT2D eigenvalue weighted by Crippen LogP contribution is -2.12. The fourth-order valence-corrected chi connectivity index (χ4v) is 3.07. The molecule has 8 heteroatoms. The average Bonchev–Trinajstić information content (AvgIpc) is 3.36. The van der Waals surface area contributed by atoms with Gasteiger partial charge in [0.2, 0.25) is 0 Å². The molecule has 4 heterocycles. The number of aromatic nitrogens is 3. The second kappa shape index (κ2) is 8.11. The minimum Gasteiger partial charge on any atom is -0.489 e. The van der Waals surface area contributed by atoms with E-state index in [9.17, 15) is 0 Å². The van der Waals surface area contributed by atoms with Crippen LogP contribution in [0.15, 0.2) is 48.4 Å². The number of rotatable bonds is 7. The molecule has 1 saturated heterocycles. The lowest BCUT2D eigenvalue weighted by molar-refractivity contribution is 0.167. The second-order valence-corrected chi connectivity index (χ2v) is 6.70. The number of pyridine rings is 2. The quantitative estimate of drug-likeness (QED) is 0.676. The number of nitrogens with zero attached hydrogens (tertiary/aromatic N) is 3. The van der Waals surface area contributed by atoms with Crippen LogP contribution >= 0.6 is 11.3 Å². The molecule has 7 nitrogen and oxygen atoms in total. The zero-order chi connectivity index (χ0) is 17.6. The second-order valence-electron chi connectivity index (χ2n) is 5.81. The van der Waals surface area contributed by atoms with E-state index >= 15 is 0 Å². The molecule has 0 radical (unpaired) electrons. The number of hydrogen-bond donors (Lipinski definition) is 1. The molecule has 0 bridgehead atoms. The van der Waals surface area contributed by atoms with E-state index in [1.807, 2.05) is 11.4 Å². The predicted octanol–water partition coefficient (Wildman–Crippen LogP) is 3.88. The maximum atomic E-state index is 6.03. The first-order valence-corrected chi connectivity index (χ1v) is 9.20. The van der Waals surface area contributed by atoms with E-state index < -0.39 is 0 Å². The highest BCUT2D eigenvalue weighted by Crippen LogP contribution is 2.32. The van der Waals surface area contributed by atoms with E-state index in [-0.39, 0.29) is 0 Å². The Kier molecular flexibility index (Phi) is 5.22. The van der Waals surface area contributed by atoms with Gasteiger partial charge in [0.15, 0.2) is 16.7 Å². The van der Waals surface area contributed by atoms with Crippen LogP contribution in [0.25, 0.3) is 0 Å². The summed E-state index contributed by atoms with van der Waals surface area (Å²) in [5, 5.41) is 5.85. The van der Waals surface area contributed by atoms with Gasteiger partial charge in [0.05, 0.1) is 19.4 Å². The Balaban J connectivity index is 1.53. The number of ether oxygens (including phenoxy) is 3. The van der Waals surface area contributed by atoms with E-state index in [0.29, 0.717) is 35.6 Å². The number of anilines is 2. The summed E-state index contributed by atoms with van der Waals surface area (Å²) in [6, 6.07) is 5.41. The molecular weight excluding hydrogens is 352 g/mol. The Morgan fingerprint density at radius 2 is 2.12 bits per heavy atom. The van der Waals surface area contributed by atoms with Crippen LogP contribution in [-0.2, 0) is 4.74 Å². The van der Waals surface area contributed by atoms with E-state index in [0.717, 1.165) is 24.8 Å². The highest BCUT2D eigenvalue weighted by molar-refractivity contribution is 7.13. The van der Waals surface area contributed by atoms with Crippen molar-refractivity contribution >= 4 is 22.3 Å². The number of thiazole rings is 1. The topological polar surface area (TPSA) is 78.4 Å². The van der Waals surface area contributed by atoms with Crippen molar-refractivity contribution in [2.45, 2.75) is 6.42 Å². The van der Waals surface area contributed by atoms with Gasteiger partial charge in [-0.1, -0.05) is 0 Å². The van der Waals surface area contributed by atoms with Gasteiger partial charge in [-0.05, 0) is 18.6 Å². The lowest BCUT2D eigenvalue weighted by Gasteiger charge is -2.15. The van der Waals surface area contributed by atoms with Crippen LogP contribution in [0.2, 0.25) is 0 Å². The molecule has 0 spiro atoms. The van der Waals surface area contributed by atoms with Gasteiger partial charge in [0.25, 0.3) is 0 Å². The van der Waals surface area contributed by atoms with Gasteiger partial charge in [-0.25, -0.2) is 9.97 Å². The fourth-order valence-electron chi connectivity index (χ4n) is 2.54. The van der Waals surface area contributed by atoms with Crippen molar-refractivity contribution in [3.63, 3.8) is 0 Å². The van der Waals surface area contributed by atoms with E-state index in [1.54, 1.807) is 36.9 Å². The minimum absolute atomic E-state index is 0.396. The smallest absolute Gasteiger partial charge is 0.188 e. The molecule has 0 aromatic carbocycles. The Labute approximate surface area is 155 Å². The van der Waals surface area contributed by atoms with Gasteiger partial charge < -0.3 is 19.5 Å². The van der Waals surface area contributed by atoms with Gasteiger partial charge in [0, 0.05) is 42.6 Å². The van der Waals surface area contributed by atoms with Gasteiger partial charge >= 0.3 is 0 Å². The van der Waals surface area contributed by atoms with Crippen molar-refractivity contribution in [2.24, 2.45) is 5.92 Å². The molecule has 26 heavy (non-hydrogen) atoms. The summed E-state index contributed by atoms with van der Waals surface area (Å²) in [4.78, 5) is 12.7. The zero-order valence-corrected chi connectivity index (χ0v) is 14.8. The highest BCUT2D eigenvalue weighted by Gasteiger charge is 2.18. The SMILES string of the molecule is c1cc(Oc2cnc(Nc3nccs3)c(OCC3CCOC3)c2)ccn1. The van der Waals surface area contributed by atoms with Crippen LogP contribution < -0.4 is 14.8 Å². The van der Waals surface area contributed by atoms with E-state index in [1.165, 1.54) is 11.3 Å². The molecule has 1 aliphatic heterocycles.